The number of para-hydroxylation sites is 1. The van der Waals surface area contributed by atoms with Gasteiger partial charge in [-0.3, -0.25) is 4.84 Å². The van der Waals surface area contributed by atoms with Gasteiger partial charge in [0.2, 0.25) is 5.79 Å². The first-order valence-electron chi connectivity index (χ1n) is 7.18. The van der Waals surface area contributed by atoms with Gasteiger partial charge in [0, 0.05) is 11.5 Å². The van der Waals surface area contributed by atoms with Gasteiger partial charge in [0.15, 0.2) is 0 Å². The van der Waals surface area contributed by atoms with Gasteiger partial charge in [-0.15, -0.1) is 0 Å². The minimum Gasteiger partial charge on any atom is -0.360 e. The first-order chi connectivity index (χ1) is 10.3. The lowest BCUT2D eigenvalue weighted by atomic mass is 9.92. The van der Waals surface area contributed by atoms with E-state index in [1.807, 2.05) is 60.7 Å². The van der Waals surface area contributed by atoms with Crippen LogP contribution >= 0.6 is 0 Å². The van der Waals surface area contributed by atoms with Crippen LogP contribution in [0.25, 0.3) is 0 Å². The number of benzene rings is 2. The van der Waals surface area contributed by atoms with Gasteiger partial charge >= 0.3 is 0 Å². The summed E-state index contributed by atoms with van der Waals surface area (Å²) < 4.78 is 5.78. The molecule has 0 aromatic heterocycles. The molecule has 2 aromatic rings. The van der Waals surface area contributed by atoms with Crippen LogP contribution in [0, 0.1) is 5.92 Å². The van der Waals surface area contributed by atoms with Gasteiger partial charge in [-0.25, -0.2) is 5.06 Å². The van der Waals surface area contributed by atoms with Gasteiger partial charge < -0.3 is 9.84 Å². The summed E-state index contributed by atoms with van der Waals surface area (Å²) in [5, 5.41) is 12.9. The molecule has 3 atom stereocenters. The number of anilines is 1. The second-order valence-corrected chi connectivity index (χ2v) is 5.54. The normalized spacial score (nSPS) is 31.4. The summed E-state index contributed by atoms with van der Waals surface area (Å²) in [6, 6.07) is 19.1. The third-order valence-corrected chi connectivity index (χ3v) is 4.24. The summed E-state index contributed by atoms with van der Waals surface area (Å²) in [5.74, 6) is -1.17. The predicted octanol–water partition coefficient (Wildman–Crippen LogP) is 2.30. The monoisotopic (exact) mass is 283 g/mol. The number of aliphatic hydroxyl groups is 1. The van der Waals surface area contributed by atoms with Crippen LogP contribution in [0.3, 0.4) is 0 Å². The average Bonchev–Trinajstić information content (AvgIpc) is 3.12. The maximum Gasteiger partial charge on any atom is 0.216 e. The highest BCUT2D eigenvalue weighted by molar-refractivity contribution is 5.47. The highest BCUT2D eigenvalue weighted by Gasteiger charge is 2.57. The second-order valence-electron chi connectivity index (χ2n) is 5.54. The molecule has 1 N–H and O–H groups in total. The topological polar surface area (TPSA) is 41.9 Å². The van der Waals surface area contributed by atoms with Crippen LogP contribution < -0.4 is 5.06 Å². The third-order valence-electron chi connectivity index (χ3n) is 4.24. The van der Waals surface area contributed by atoms with Crippen LogP contribution in [0.1, 0.15) is 5.56 Å². The molecular weight excluding hydrogens is 266 g/mol. The Morgan fingerprint density at radius 1 is 0.952 bits per heavy atom. The summed E-state index contributed by atoms with van der Waals surface area (Å²) in [4.78, 5) is 5.82. The van der Waals surface area contributed by atoms with E-state index in [2.05, 4.69) is 0 Å². The van der Waals surface area contributed by atoms with E-state index in [0.717, 1.165) is 11.3 Å². The highest BCUT2D eigenvalue weighted by atomic mass is 16.7. The molecule has 2 heterocycles. The molecule has 0 bridgehead atoms. The van der Waals surface area contributed by atoms with Crippen molar-refractivity contribution in [2.24, 2.45) is 5.92 Å². The molecule has 2 aliphatic rings. The fourth-order valence-electron chi connectivity index (χ4n) is 3.22. The molecule has 0 amide bonds. The van der Waals surface area contributed by atoms with Crippen LogP contribution in [0.15, 0.2) is 60.7 Å². The zero-order chi connectivity index (χ0) is 14.3. The number of hydrogen-bond donors (Lipinski definition) is 1. The molecular formula is C17H17NO3. The fraction of sp³-hybridized carbons (Fsp3) is 0.294. The molecule has 4 heteroatoms. The van der Waals surface area contributed by atoms with E-state index in [1.165, 1.54) is 0 Å². The number of nitrogens with zero attached hydrogens (tertiary/aromatic N) is 1. The quantitative estimate of drug-likeness (QED) is 0.918. The fourth-order valence-corrected chi connectivity index (χ4v) is 3.22. The Morgan fingerprint density at radius 3 is 2.33 bits per heavy atom. The van der Waals surface area contributed by atoms with Crippen molar-refractivity contribution in [2.75, 3.05) is 18.3 Å². The Kier molecular flexibility index (Phi) is 2.96. The van der Waals surface area contributed by atoms with Crippen molar-refractivity contribution in [3.8, 4) is 0 Å². The number of hydrogen-bond acceptors (Lipinski definition) is 4. The van der Waals surface area contributed by atoms with Gasteiger partial charge in [-0.1, -0.05) is 48.5 Å². The summed E-state index contributed by atoms with van der Waals surface area (Å²) in [5.41, 5.74) is 1.70. The summed E-state index contributed by atoms with van der Waals surface area (Å²) in [7, 11) is 0. The van der Waals surface area contributed by atoms with Gasteiger partial charge in [0.1, 0.15) is 6.04 Å². The van der Waals surface area contributed by atoms with E-state index >= 15 is 0 Å². The second kappa shape index (κ2) is 4.84. The zero-order valence-corrected chi connectivity index (χ0v) is 11.6. The predicted molar refractivity (Wildman–Crippen MR) is 78.4 cm³/mol. The zero-order valence-electron chi connectivity index (χ0n) is 11.6. The van der Waals surface area contributed by atoms with E-state index in [4.69, 9.17) is 9.57 Å². The van der Waals surface area contributed by atoms with Gasteiger partial charge in [0.25, 0.3) is 0 Å². The molecule has 4 rings (SSSR count). The Bertz CT molecular complexity index is 618. The number of ether oxygens (including phenoxy) is 1. The molecule has 0 saturated carbocycles. The van der Waals surface area contributed by atoms with Gasteiger partial charge in [0.05, 0.1) is 18.9 Å². The highest BCUT2D eigenvalue weighted by Crippen LogP contribution is 2.45. The van der Waals surface area contributed by atoms with Crippen molar-refractivity contribution in [3.63, 3.8) is 0 Å². The van der Waals surface area contributed by atoms with E-state index in [-0.39, 0.29) is 12.0 Å². The summed E-state index contributed by atoms with van der Waals surface area (Å²) in [6.45, 7) is 1.06. The Hall–Kier alpha value is -1.88. The smallest absolute Gasteiger partial charge is 0.216 e. The van der Waals surface area contributed by atoms with Gasteiger partial charge in [-0.2, -0.15) is 0 Å². The first kappa shape index (κ1) is 12.8. The minimum atomic E-state index is -1.34. The Labute approximate surface area is 123 Å². The maximum absolute atomic E-state index is 11.1. The van der Waals surface area contributed by atoms with Crippen LogP contribution in [0.4, 0.5) is 5.69 Å². The molecule has 2 aliphatic heterocycles. The van der Waals surface area contributed by atoms with Crippen molar-refractivity contribution < 1.29 is 14.7 Å². The lowest BCUT2D eigenvalue weighted by molar-refractivity contribution is -0.195. The van der Waals surface area contributed by atoms with Crippen LogP contribution in [-0.4, -0.2) is 24.4 Å². The lowest BCUT2D eigenvalue weighted by Crippen LogP contribution is -2.46. The molecule has 0 radical (unpaired) electrons. The van der Waals surface area contributed by atoms with Crippen LogP contribution in [0.2, 0.25) is 0 Å². The minimum absolute atomic E-state index is 0.162. The Morgan fingerprint density at radius 2 is 1.62 bits per heavy atom. The van der Waals surface area contributed by atoms with Crippen molar-refractivity contribution >= 4 is 5.69 Å². The number of hydroxylamine groups is 1. The standard InChI is InChI=1S/C17H17NO3/c19-17(14-7-3-1-4-8-14)16-13(11-20-17)12-21-18(16)15-9-5-2-6-10-15/h1-10,13,16,19H,11-12H2. The van der Waals surface area contributed by atoms with Gasteiger partial charge in [-0.05, 0) is 12.1 Å². The maximum atomic E-state index is 11.1. The van der Waals surface area contributed by atoms with E-state index in [0.29, 0.717) is 13.2 Å². The molecule has 0 aliphatic carbocycles. The third kappa shape index (κ3) is 1.95. The molecule has 21 heavy (non-hydrogen) atoms. The number of rotatable bonds is 2. The number of fused-ring (bicyclic) bond motifs is 1. The molecule has 108 valence electrons. The molecule has 2 fully saturated rings. The van der Waals surface area contributed by atoms with E-state index < -0.39 is 5.79 Å². The molecule has 0 spiro atoms. The molecule has 2 saturated heterocycles. The van der Waals surface area contributed by atoms with Crippen molar-refractivity contribution in [1.29, 1.82) is 0 Å². The largest absolute Gasteiger partial charge is 0.360 e. The van der Waals surface area contributed by atoms with Crippen molar-refractivity contribution in [2.45, 2.75) is 11.8 Å². The van der Waals surface area contributed by atoms with Crippen molar-refractivity contribution in [1.82, 2.24) is 0 Å². The lowest BCUT2D eigenvalue weighted by Gasteiger charge is -2.34. The summed E-state index contributed by atoms with van der Waals surface area (Å²) >= 11 is 0. The van der Waals surface area contributed by atoms with Crippen LogP contribution in [-0.2, 0) is 15.4 Å². The first-order valence-corrected chi connectivity index (χ1v) is 7.18. The molecule has 2 aromatic carbocycles. The van der Waals surface area contributed by atoms with E-state index in [1.54, 1.807) is 5.06 Å². The van der Waals surface area contributed by atoms with Crippen molar-refractivity contribution in [3.05, 3.63) is 66.2 Å². The molecule has 3 unspecified atom stereocenters. The summed E-state index contributed by atoms with van der Waals surface area (Å²) in [6.07, 6.45) is 0. The Balaban J connectivity index is 1.74. The molecule has 4 nitrogen and oxygen atoms in total. The average molecular weight is 283 g/mol. The van der Waals surface area contributed by atoms with Crippen LogP contribution in [0.5, 0.6) is 0 Å². The van der Waals surface area contributed by atoms with E-state index in [9.17, 15) is 5.11 Å². The SMILES string of the molecule is OC1(c2ccccc2)OCC2CON(c3ccccc3)C21.